The van der Waals surface area contributed by atoms with Crippen LogP contribution in [0.5, 0.6) is 0 Å². The maximum Gasteiger partial charge on any atom is 0.407 e. The average molecular weight is 318 g/mol. The Morgan fingerprint density at radius 3 is 1.82 bits per heavy atom. The molecule has 2 N–H and O–H groups in total. The molecule has 0 saturated heterocycles. The Kier molecular flexibility index (Phi) is 5.65. The van der Waals surface area contributed by atoms with E-state index in [1.807, 2.05) is 0 Å². The van der Waals surface area contributed by atoms with E-state index in [0.29, 0.717) is 6.42 Å². The van der Waals surface area contributed by atoms with Gasteiger partial charge < -0.3 is 20.1 Å². The number of alkyl halides is 1. The molecule has 1 fully saturated rings. The van der Waals surface area contributed by atoms with Crippen molar-refractivity contribution in [2.24, 2.45) is 0 Å². The lowest BCUT2D eigenvalue weighted by Crippen LogP contribution is -2.42. The fourth-order valence-corrected chi connectivity index (χ4v) is 2.19. The molecule has 0 aromatic carbocycles. The van der Waals surface area contributed by atoms with Gasteiger partial charge in [-0.05, 0) is 48.0 Å². The van der Waals surface area contributed by atoms with Crippen molar-refractivity contribution in [2.75, 3.05) is 0 Å². The predicted molar refractivity (Wildman–Crippen MR) is 80.4 cm³/mol. The van der Waals surface area contributed by atoms with Gasteiger partial charge in [0, 0.05) is 12.5 Å². The van der Waals surface area contributed by atoms with Crippen LogP contribution < -0.4 is 10.6 Å². The molecule has 0 aliphatic heterocycles. The quantitative estimate of drug-likeness (QED) is 0.821. The van der Waals surface area contributed by atoms with Crippen molar-refractivity contribution in [3.63, 3.8) is 0 Å². The van der Waals surface area contributed by atoms with E-state index in [4.69, 9.17) is 9.47 Å². The SMILES string of the molecule is CC(C)(C)OC(=O)N[C@H]1CC(F)[C@@H](NC(=O)OC(C)(C)C)C1. The second-order valence-electron chi connectivity index (χ2n) is 7.58. The Morgan fingerprint density at radius 2 is 1.36 bits per heavy atom. The first-order chi connectivity index (χ1) is 9.85. The molecule has 1 unspecified atom stereocenters. The minimum Gasteiger partial charge on any atom is -0.444 e. The van der Waals surface area contributed by atoms with Gasteiger partial charge in [-0.25, -0.2) is 14.0 Å². The minimum absolute atomic E-state index is 0.139. The van der Waals surface area contributed by atoms with Crippen LogP contribution in [0.3, 0.4) is 0 Å². The minimum atomic E-state index is -1.23. The number of hydrogen-bond donors (Lipinski definition) is 2. The summed E-state index contributed by atoms with van der Waals surface area (Å²) in [6.45, 7) is 10.5. The van der Waals surface area contributed by atoms with E-state index in [0.717, 1.165) is 0 Å². The van der Waals surface area contributed by atoms with Gasteiger partial charge in [-0.3, -0.25) is 0 Å². The zero-order chi connectivity index (χ0) is 17.1. The number of carbonyl (C=O) groups is 2. The topological polar surface area (TPSA) is 76.7 Å². The Balaban J connectivity index is 2.45. The number of amides is 2. The molecule has 0 heterocycles. The number of carbonyl (C=O) groups excluding carboxylic acids is 2. The Labute approximate surface area is 131 Å². The molecular formula is C15H27FN2O4. The Bertz CT molecular complexity index is 415. The summed E-state index contributed by atoms with van der Waals surface area (Å²) >= 11 is 0. The fraction of sp³-hybridized carbons (Fsp3) is 0.867. The van der Waals surface area contributed by atoms with Crippen molar-refractivity contribution in [2.45, 2.75) is 83.8 Å². The van der Waals surface area contributed by atoms with Crippen LogP contribution in [0, 0.1) is 0 Å². The molecule has 0 bridgehead atoms. The number of halogens is 1. The molecule has 128 valence electrons. The van der Waals surface area contributed by atoms with Crippen LogP contribution in [0.4, 0.5) is 14.0 Å². The number of ether oxygens (including phenoxy) is 2. The molecule has 0 aromatic rings. The first-order valence-corrected chi connectivity index (χ1v) is 7.49. The standard InChI is InChI=1S/C15H27FN2O4/c1-14(2,3)21-12(19)17-9-7-10(16)11(8-9)18-13(20)22-15(4,5)6/h9-11H,7-8H2,1-6H3,(H,17,19)(H,18,20)/t9-,10?,11-/m0/s1. The molecule has 2 amide bonds. The monoisotopic (exact) mass is 318 g/mol. The third kappa shape index (κ3) is 6.95. The van der Waals surface area contributed by atoms with Crippen LogP contribution in [0.2, 0.25) is 0 Å². The second-order valence-corrected chi connectivity index (χ2v) is 7.58. The van der Waals surface area contributed by atoms with E-state index in [9.17, 15) is 14.0 Å². The van der Waals surface area contributed by atoms with Crippen LogP contribution in [0.1, 0.15) is 54.4 Å². The van der Waals surface area contributed by atoms with E-state index >= 15 is 0 Å². The molecule has 1 rings (SSSR count). The lowest BCUT2D eigenvalue weighted by Gasteiger charge is -2.23. The smallest absolute Gasteiger partial charge is 0.407 e. The van der Waals surface area contributed by atoms with Crippen LogP contribution in [-0.4, -0.2) is 41.6 Å². The van der Waals surface area contributed by atoms with Crippen molar-refractivity contribution < 1.29 is 23.5 Å². The summed E-state index contributed by atoms with van der Waals surface area (Å²) in [6, 6.07) is -1.04. The van der Waals surface area contributed by atoms with E-state index in [1.54, 1.807) is 41.5 Å². The van der Waals surface area contributed by atoms with Gasteiger partial charge in [0.05, 0.1) is 6.04 Å². The largest absolute Gasteiger partial charge is 0.444 e. The van der Waals surface area contributed by atoms with Gasteiger partial charge in [0.15, 0.2) is 0 Å². The van der Waals surface area contributed by atoms with Gasteiger partial charge in [-0.1, -0.05) is 0 Å². The number of nitrogens with one attached hydrogen (secondary N) is 2. The van der Waals surface area contributed by atoms with Crippen molar-refractivity contribution in [3.8, 4) is 0 Å². The summed E-state index contributed by atoms with van der Waals surface area (Å²) in [5, 5.41) is 5.13. The van der Waals surface area contributed by atoms with E-state index in [2.05, 4.69) is 10.6 Å². The number of alkyl carbamates (subject to hydrolysis) is 2. The van der Waals surface area contributed by atoms with E-state index < -0.39 is 35.6 Å². The molecule has 3 atom stereocenters. The van der Waals surface area contributed by atoms with Crippen LogP contribution in [0.15, 0.2) is 0 Å². The second kappa shape index (κ2) is 6.71. The summed E-state index contributed by atoms with van der Waals surface area (Å²) in [5.74, 6) is 0. The molecule has 6 nitrogen and oxygen atoms in total. The molecule has 0 aromatic heterocycles. The van der Waals surface area contributed by atoms with Crippen molar-refractivity contribution in [1.82, 2.24) is 10.6 Å². The lowest BCUT2D eigenvalue weighted by molar-refractivity contribution is 0.0484. The molecular weight excluding hydrogens is 291 g/mol. The summed E-state index contributed by atoms with van der Waals surface area (Å²) in [4.78, 5) is 23.3. The zero-order valence-electron chi connectivity index (χ0n) is 14.2. The Hall–Kier alpha value is -1.53. The molecule has 0 spiro atoms. The van der Waals surface area contributed by atoms with E-state index in [1.165, 1.54) is 0 Å². The van der Waals surface area contributed by atoms with Gasteiger partial charge in [0.1, 0.15) is 17.4 Å². The summed E-state index contributed by atoms with van der Waals surface area (Å²) in [6.07, 6.45) is -2.02. The highest BCUT2D eigenvalue weighted by molar-refractivity contribution is 5.69. The van der Waals surface area contributed by atoms with Gasteiger partial charge in [0.2, 0.25) is 0 Å². The summed E-state index contributed by atoms with van der Waals surface area (Å²) in [5.41, 5.74) is -1.24. The highest BCUT2D eigenvalue weighted by Crippen LogP contribution is 2.24. The predicted octanol–water partition coefficient (Wildman–Crippen LogP) is 2.90. The maximum atomic E-state index is 14.0. The molecule has 0 radical (unpaired) electrons. The molecule has 1 aliphatic carbocycles. The molecule has 7 heteroatoms. The van der Waals surface area contributed by atoms with Crippen LogP contribution in [-0.2, 0) is 9.47 Å². The van der Waals surface area contributed by atoms with E-state index in [-0.39, 0.29) is 12.5 Å². The lowest BCUT2D eigenvalue weighted by atomic mass is 10.2. The zero-order valence-corrected chi connectivity index (χ0v) is 14.2. The van der Waals surface area contributed by atoms with Crippen molar-refractivity contribution >= 4 is 12.2 Å². The number of rotatable bonds is 2. The van der Waals surface area contributed by atoms with Crippen molar-refractivity contribution in [1.29, 1.82) is 0 Å². The molecule has 1 aliphatic rings. The van der Waals surface area contributed by atoms with Crippen LogP contribution >= 0.6 is 0 Å². The van der Waals surface area contributed by atoms with Gasteiger partial charge in [-0.2, -0.15) is 0 Å². The third-order valence-electron chi connectivity index (χ3n) is 2.91. The van der Waals surface area contributed by atoms with Gasteiger partial charge in [-0.15, -0.1) is 0 Å². The summed E-state index contributed by atoms with van der Waals surface area (Å²) in [7, 11) is 0. The average Bonchev–Trinajstić information content (AvgIpc) is 2.52. The normalized spacial score (nSPS) is 25.5. The molecule has 22 heavy (non-hydrogen) atoms. The molecule has 1 saturated carbocycles. The van der Waals surface area contributed by atoms with Gasteiger partial charge >= 0.3 is 12.2 Å². The summed E-state index contributed by atoms with van der Waals surface area (Å²) < 4.78 is 24.2. The Morgan fingerprint density at radius 1 is 0.909 bits per heavy atom. The maximum absolute atomic E-state index is 14.0. The van der Waals surface area contributed by atoms with Gasteiger partial charge in [0.25, 0.3) is 0 Å². The third-order valence-corrected chi connectivity index (χ3v) is 2.91. The van der Waals surface area contributed by atoms with Crippen molar-refractivity contribution in [3.05, 3.63) is 0 Å². The first kappa shape index (κ1) is 18.5. The van der Waals surface area contributed by atoms with Crippen LogP contribution in [0.25, 0.3) is 0 Å². The fourth-order valence-electron chi connectivity index (χ4n) is 2.19. The number of hydrogen-bond acceptors (Lipinski definition) is 4. The highest BCUT2D eigenvalue weighted by Gasteiger charge is 2.37. The first-order valence-electron chi connectivity index (χ1n) is 7.49. The highest BCUT2D eigenvalue weighted by atomic mass is 19.1.